The molecule has 5 nitrogen and oxygen atoms in total. The molecule has 1 heterocycles. The Morgan fingerprint density at radius 1 is 1.38 bits per heavy atom. The molecule has 1 rings (SSSR count). The van der Waals surface area contributed by atoms with E-state index in [-0.39, 0.29) is 12.1 Å². The lowest BCUT2D eigenvalue weighted by molar-refractivity contribution is 0.0279. The maximum atomic E-state index is 12.0. The lowest BCUT2D eigenvalue weighted by Gasteiger charge is -2.28. The number of hydrogen-bond donors (Lipinski definition) is 2. The highest BCUT2D eigenvalue weighted by Crippen LogP contribution is 2.18. The SMILES string of the molecule is CC(C)CC(C)(O)CNC1CCN(C(=O)OC(C)(C)C)C1. The molecule has 1 saturated heterocycles. The lowest BCUT2D eigenvalue weighted by Crippen LogP contribution is -2.45. The van der Waals surface area contributed by atoms with E-state index in [0.29, 0.717) is 25.6 Å². The number of aliphatic hydroxyl groups is 1. The molecule has 5 heteroatoms. The number of likely N-dealkylation sites (tertiary alicyclic amines) is 1. The summed E-state index contributed by atoms with van der Waals surface area (Å²) in [6, 6.07) is 0.233. The predicted octanol–water partition coefficient (Wildman–Crippen LogP) is 2.38. The molecule has 1 aliphatic heterocycles. The highest BCUT2D eigenvalue weighted by Gasteiger charge is 2.31. The van der Waals surface area contributed by atoms with Crippen LogP contribution in [0.25, 0.3) is 0 Å². The molecule has 2 N–H and O–H groups in total. The van der Waals surface area contributed by atoms with Crippen LogP contribution in [0.15, 0.2) is 0 Å². The minimum Gasteiger partial charge on any atom is -0.444 e. The summed E-state index contributed by atoms with van der Waals surface area (Å²) in [7, 11) is 0. The van der Waals surface area contributed by atoms with Crippen molar-refractivity contribution in [3.63, 3.8) is 0 Å². The zero-order valence-corrected chi connectivity index (χ0v) is 14.4. The average Bonchev–Trinajstić information content (AvgIpc) is 2.70. The summed E-state index contributed by atoms with van der Waals surface area (Å²) >= 11 is 0. The Hall–Kier alpha value is -0.810. The standard InChI is InChI=1S/C16H32N2O3/c1-12(2)9-16(6,20)11-17-13-7-8-18(10-13)14(19)21-15(3,4)5/h12-13,17,20H,7-11H2,1-6H3. The second kappa shape index (κ2) is 6.97. The maximum absolute atomic E-state index is 12.0. The van der Waals surface area contributed by atoms with Crippen LogP contribution in [0.4, 0.5) is 4.79 Å². The Morgan fingerprint density at radius 2 is 2.00 bits per heavy atom. The first-order valence-electron chi connectivity index (χ1n) is 7.92. The van der Waals surface area contributed by atoms with E-state index in [1.165, 1.54) is 0 Å². The Kier molecular flexibility index (Phi) is 6.05. The molecule has 0 radical (unpaired) electrons. The highest BCUT2D eigenvalue weighted by molar-refractivity contribution is 5.68. The van der Waals surface area contributed by atoms with Crippen LogP contribution >= 0.6 is 0 Å². The van der Waals surface area contributed by atoms with Crippen molar-refractivity contribution in [3.8, 4) is 0 Å². The molecular formula is C16H32N2O3. The first kappa shape index (κ1) is 18.2. The van der Waals surface area contributed by atoms with Crippen molar-refractivity contribution in [2.75, 3.05) is 19.6 Å². The second-order valence-electron chi connectivity index (χ2n) is 7.89. The topological polar surface area (TPSA) is 61.8 Å². The van der Waals surface area contributed by atoms with Gasteiger partial charge in [0.15, 0.2) is 0 Å². The minimum absolute atomic E-state index is 0.233. The quantitative estimate of drug-likeness (QED) is 0.818. The second-order valence-corrected chi connectivity index (χ2v) is 7.89. The number of carbonyl (C=O) groups excluding carboxylic acids is 1. The molecule has 0 bridgehead atoms. The number of hydrogen-bond acceptors (Lipinski definition) is 4. The van der Waals surface area contributed by atoms with Crippen LogP contribution in [0.1, 0.15) is 54.4 Å². The van der Waals surface area contributed by atoms with Crippen LogP contribution in [0.3, 0.4) is 0 Å². The number of ether oxygens (including phenoxy) is 1. The summed E-state index contributed by atoms with van der Waals surface area (Å²) in [5.74, 6) is 0.462. The zero-order chi connectivity index (χ0) is 16.3. The monoisotopic (exact) mass is 300 g/mol. The Morgan fingerprint density at radius 3 is 2.52 bits per heavy atom. The molecule has 21 heavy (non-hydrogen) atoms. The molecule has 1 aliphatic rings. The van der Waals surface area contributed by atoms with E-state index >= 15 is 0 Å². The summed E-state index contributed by atoms with van der Waals surface area (Å²) in [6.07, 6.45) is 1.42. The number of rotatable bonds is 5. The summed E-state index contributed by atoms with van der Waals surface area (Å²) in [4.78, 5) is 13.7. The molecular weight excluding hydrogens is 268 g/mol. The van der Waals surface area contributed by atoms with Gasteiger partial charge >= 0.3 is 6.09 Å². The van der Waals surface area contributed by atoms with E-state index in [0.717, 1.165) is 12.8 Å². The van der Waals surface area contributed by atoms with Crippen LogP contribution in [0.5, 0.6) is 0 Å². The third-order valence-corrected chi connectivity index (χ3v) is 3.46. The normalized spacial score (nSPS) is 22.5. The Balaban J connectivity index is 2.36. The van der Waals surface area contributed by atoms with Gasteiger partial charge in [-0.2, -0.15) is 0 Å². The minimum atomic E-state index is -0.701. The molecule has 0 saturated carbocycles. The van der Waals surface area contributed by atoms with Crippen molar-refractivity contribution in [1.82, 2.24) is 10.2 Å². The van der Waals surface area contributed by atoms with Crippen molar-refractivity contribution in [2.45, 2.75) is 71.6 Å². The van der Waals surface area contributed by atoms with Crippen LogP contribution in [0.2, 0.25) is 0 Å². The predicted molar refractivity (Wildman–Crippen MR) is 84.3 cm³/mol. The van der Waals surface area contributed by atoms with Gasteiger partial charge in [0.05, 0.1) is 5.60 Å². The van der Waals surface area contributed by atoms with Gasteiger partial charge in [-0.25, -0.2) is 4.79 Å². The fourth-order valence-corrected chi connectivity index (χ4v) is 2.74. The Labute approximate surface area is 129 Å². The molecule has 2 unspecified atom stereocenters. The van der Waals surface area contributed by atoms with Crippen LogP contribution in [-0.2, 0) is 4.74 Å². The Bertz CT molecular complexity index is 348. The largest absolute Gasteiger partial charge is 0.444 e. The van der Waals surface area contributed by atoms with E-state index in [1.807, 2.05) is 27.7 Å². The fraction of sp³-hybridized carbons (Fsp3) is 0.938. The lowest BCUT2D eigenvalue weighted by atomic mass is 9.94. The van der Waals surface area contributed by atoms with Gasteiger partial charge in [-0.1, -0.05) is 13.8 Å². The molecule has 0 aliphatic carbocycles. The van der Waals surface area contributed by atoms with Gasteiger partial charge in [0.25, 0.3) is 0 Å². The summed E-state index contributed by atoms with van der Waals surface area (Å²) < 4.78 is 5.38. The number of amides is 1. The summed E-state index contributed by atoms with van der Waals surface area (Å²) in [5, 5.41) is 13.7. The van der Waals surface area contributed by atoms with Crippen molar-refractivity contribution in [1.29, 1.82) is 0 Å². The van der Waals surface area contributed by atoms with Crippen molar-refractivity contribution in [3.05, 3.63) is 0 Å². The van der Waals surface area contributed by atoms with Gasteiger partial charge in [0.1, 0.15) is 5.60 Å². The number of nitrogens with zero attached hydrogens (tertiary/aromatic N) is 1. The zero-order valence-electron chi connectivity index (χ0n) is 14.4. The summed E-state index contributed by atoms with van der Waals surface area (Å²) in [5.41, 5.74) is -1.16. The van der Waals surface area contributed by atoms with Gasteiger partial charge in [0.2, 0.25) is 0 Å². The van der Waals surface area contributed by atoms with Crippen LogP contribution < -0.4 is 5.32 Å². The molecule has 1 amide bonds. The van der Waals surface area contributed by atoms with Gasteiger partial charge in [-0.15, -0.1) is 0 Å². The van der Waals surface area contributed by atoms with E-state index < -0.39 is 11.2 Å². The van der Waals surface area contributed by atoms with Gasteiger partial charge in [-0.3, -0.25) is 0 Å². The average molecular weight is 300 g/mol. The van der Waals surface area contributed by atoms with E-state index in [1.54, 1.807) is 4.90 Å². The first-order valence-corrected chi connectivity index (χ1v) is 7.92. The highest BCUT2D eigenvalue weighted by atomic mass is 16.6. The summed E-state index contributed by atoms with van der Waals surface area (Å²) in [6.45, 7) is 13.6. The number of carbonyl (C=O) groups is 1. The molecule has 0 spiro atoms. The third kappa shape index (κ3) is 7.14. The van der Waals surface area contributed by atoms with E-state index in [9.17, 15) is 9.90 Å². The van der Waals surface area contributed by atoms with E-state index in [4.69, 9.17) is 4.74 Å². The first-order chi connectivity index (χ1) is 9.48. The third-order valence-electron chi connectivity index (χ3n) is 3.46. The smallest absolute Gasteiger partial charge is 0.410 e. The number of nitrogens with one attached hydrogen (secondary N) is 1. The molecule has 0 aromatic rings. The van der Waals surface area contributed by atoms with Gasteiger partial charge in [0, 0.05) is 25.7 Å². The molecule has 0 aromatic carbocycles. The van der Waals surface area contributed by atoms with Crippen LogP contribution in [-0.4, -0.2) is 53.0 Å². The van der Waals surface area contributed by atoms with Gasteiger partial charge < -0.3 is 20.1 Å². The van der Waals surface area contributed by atoms with Crippen LogP contribution in [0, 0.1) is 5.92 Å². The maximum Gasteiger partial charge on any atom is 0.410 e. The molecule has 1 fully saturated rings. The van der Waals surface area contributed by atoms with Crippen molar-refractivity contribution >= 4 is 6.09 Å². The molecule has 124 valence electrons. The molecule has 2 atom stereocenters. The molecule has 0 aromatic heterocycles. The van der Waals surface area contributed by atoms with Crippen molar-refractivity contribution in [2.24, 2.45) is 5.92 Å². The van der Waals surface area contributed by atoms with E-state index in [2.05, 4.69) is 19.2 Å². The van der Waals surface area contributed by atoms with Gasteiger partial charge in [-0.05, 0) is 46.5 Å². The fourth-order valence-electron chi connectivity index (χ4n) is 2.74. The van der Waals surface area contributed by atoms with Crippen molar-refractivity contribution < 1.29 is 14.6 Å².